The third-order valence-electron chi connectivity index (χ3n) is 4.74. The molecule has 1 aliphatic heterocycles. The van der Waals surface area contributed by atoms with Gasteiger partial charge in [0.05, 0.1) is 26.9 Å². The molecular weight excluding hydrogens is 344 g/mol. The van der Waals surface area contributed by atoms with Crippen molar-refractivity contribution in [2.75, 3.05) is 40.5 Å². The summed E-state index contributed by atoms with van der Waals surface area (Å²) < 4.78 is 16.3. The van der Waals surface area contributed by atoms with Crippen LogP contribution in [0.3, 0.4) is 0 Å². The van der Waals surface area contributed by atoms with Crippen molar-refractivity contribution in [2.45, 2.75) is 12.5 Å². The van der Waals surface area contributed by atoms with Gasteiger partial charge in [-0.3, -0.25) is 4.79 Å². The first kappa shape index (κ1) is 19.2. The number of carbonyl (C=O) groups excluding carboxylic acids is 1. The number of hydrogen-bond acceptors (Lipinski definition) is 5. The first-order valence-corrected chi connectivity index (χ1v) is 9.09. The van der Waals surface area contributed by atoms with Crippen LogP contribution < -0.4 is 15.2 Å². The number of rotatable bonds is 6. The van der Waals surface area contributed by atoms with Gasteiger partial charge < -0.3 is 24.8 Å². The Bertz CT molecular complexity index is 792. The fourth-order valence-corrected chi connectivity index (χ4v) is 3.29. The summed E-state index contributed by atoms with van der Waals surface area (Å²) in [6, 6.07) is 13.4. The molecule has 6 heteroatoms. The van der Waals surface area contributed by atoms with E-state index in [1.807, 2.05) is 47.4 Å². The highest BCUT2D eigenvalue weighted by atomic mass is 16.5. The van der Waals surface area contributed by atoms with Crippen LogP contribution in [-0.2, 0) is 4.74 Å². The molecule has 1 unspecified atom stereocenters. The highest BCUT2D eigenvalue weighted by molar-refractivity contribution is 5.95. The average molecular weight is 370 g/mol. The molecule has 1 amide bonds. The maximum Gasteiger partial charge on any atom is 0.254 e. The van der Waals surface area contributed by atoms with Gasteiger partial charge in [-0.2, -0.15) is 0 Å². The number of ether oxygens (including phenoxy) is 3. The van der Waals surface area contributed by atoms with Crippen LogP contribution in [0.2, 0.25) is 0 Å². The van der Waals surface area contributed by atoms with Crippen LogP contribution >= 0.6 is 0 Å². The Morgan fingerprint density at radius 3 is 2.67 bits per heavy atom. The van der Waals surface area contributed by atoms with Crippen molar-refractivity contribution in [2.24, 2.45) is 5.73 Å². The second kappa shape index (κ2) is 8.88. The molecule has 2 aromatic carbocycles. The fraction of sp³-hybridized carbons (Fsp3) is 0.381. The number of nitrogens with two attached hydrogens (primary N) is 1. The van der Waals surface area contributed by atoms with Gasteiger partial charge in [-0.25, -0.2) is 0 Å². The van der Waals surface area contributed by atoms with Crippen LogP contribution in [0.4, 0.5) is 0 Å². The van der Waals surface area contributed by atoms with Gasteiger partial charge in [-0.1, -0.05) is 18.2 Å². The number of morpholine rings is 1. The summed E-state index contributed by atoms with van der Waals surface area (Å²) in [6.07, 6.45) is 0.775. The molecule has 144 valence electrons. The quantitative estimate of drug-likeness (QED) is 0.846. The molecule has 6 nitrogen and oxygen atoms in total. The van der Waals surface area contributed by atoms with E-state index in [2.05, 4.69) is 0 Å². The van der Waals surface area contributed by atoms with E-state index in [4.69, 9.17) is 19.9 Å². The number of carbonyl (C=O) groups is 1. The average Bonchev–Trinajstić information content (AvgIpc) is 2.73. The smallest absolute Gasteiger partial charge is 0.254 e. The van der Waals surface area contributed by atoms with Crippen molar-refractivity contribution in [3.05, 3.63) is 48.0 Å². The lowest BCUT2D eigenvalue weighted by Crippen LogP contribution is -2.46. The summed E-state index contributed by atoms with van der Waals surface area (Å²) in [5, 5.41) is 0. The Morgan fingerprint density at radius 2 is 1.93 bits per heavy atom. The number of hydrogen-bond donors (Lipinski definition) is 1. The molecule has 2 aromatic rings. The lowest BCUT2D eigenvalue weighted by Gasteiger charge is -2.33. The van der Waals surface area contributed by atoms with Crippen molar-refractivity contribution in [1.29, 1.82) is 0 Å². The zero-order valence-corrected chi connectivity index (χ0v) is 15.8. The first-order valence-electron chi connectivity index (χ1n) is 9.09. The zero-order valence-electron chi connectivity index (χ0n) is 15.8. The van der Waals surface area contributed by atoms with E-state index < -0.39 is 0 Å². The summed E-state index contributed by atoms with van der Waals surface area (Å²) in [5.41, 5.74) is 8.20. The molecule has 0 radical (unpaired) electrons. The van der Waals surface area contributed by atoms with E-state index >= 15 is 0 Å². The van der Waals surface area contributed by atoms with Gasteiger partial charge in [0.25, 0.3) is 5.91 Å². The van der Waals surface area contributed by atoms with Gasteiger partial charge in [-0.05, 0) is 48.4 Å². The van der Waals surface area contributed by atoms with Crippen LogP contribution in [0.5, 0.6) is 11.5 Å². The molecule has 2 N–H and O–H groups in total. The van der Waals surface area contributed by atoms with Crippen molar-refractivity contribution >= 4 is 5.91 Å². The zero-order chi connectivity index (χ0) is 19.2. The lowest BCUT2D eigenvalue weighted by molar-refractivity contribution is -0.0236. The summed E-state index contributed by atoms with van der Waals surface area (Å²) in [6.45, 7) is 2.28. The third kappa shape index (κ3) is 4.40. The Hall–Kier alpha value is -2.57. The maximum atomic E-state index is 13.0. The lowest BCUT2D eigenvalue weighted by atomic mass is 10.0. The minimum atomic E-state index is 0.0155. The van der Waals surface area contributed by atoms with Crippen LogP contribution in [0.1, 0.15) is 16.8 Å². The molecule has 0 aliphatic carbocycles. The number of methoxy groups -OCH3 is 2. The summed E-state index contributed by atoms with van der Waals surface area (Å²) >= 11 is 0. The van der Waals surface area contributed by atoms with E-state index in [-0.39, 0.29) is 12.0 Å². The van der Waals surface area contributed by atoms with Crippen LogP contribution in [0.15, 0.2) is 42.5 Å². The SMILES string of the molecule is COc1ccc(-c2cccc(C(=O)N3CCOC(CCN)C3)c2)cc1OC. The molecule has 1 fully saturated rings. The monoisotopic (exact) mass is 370 g/mol. The van der Waals surface area contributed by atoms with E-state index in [1.165, 1.54) is 0 Å². The second-order valence-electron chi connectivity index (χ2n) is 6.47. The first-order chi connectivity index (χ1) is 13.2. The maximum absolute atomic E-state index is 13.0. The molecule has 0 bridgehead atoms. The van der Waals surface area contributed by atoms with Crippen molar-refractivity contribution in [3.63, 3.8) is 0 Å². The number of nitrogens with zero attached hydrogens (tertiary/aromatic N) is 1. The molecule has 0 spiro atoms. The third-order valence-corrected chi connectivity index (χ3v) is 4.74. The summed E-state index contributed by atoms with van der Waals surface area (Å²) in [7, 11) is 3.22. The van der Waals surface area contributed by atoms with E-state index in [1.54, 1.807) is 14.2 Å². The molecule has 1 atom stereocenters. The fourth-order valence-electron chi connectivity index (χ4n) is 3.29. The van der Waals surface area contributed by atoms with Crippen molar-refractivity contribution < 1.29 is 19.0 Å². The normalized spacial score (nSPS) is 16.9. The van der Waals surface area contributed by atoms with E-state index in [0.29, 0.717) is 43.3 Å². The molecule has 0 saturated carbocycles. The van der Waals surface area contributed by atoms with Gasteiger partial charge >= 0.3 is 0 Å². The molecule has 3 rings (SSSR count). The second-order valence-corrected chi connectivity index (χ2v) is 6.47. The van der Waals surface area contributed by atoms with Gasteiger partial charge in [0, 0.05) is 18.7 Å². The standard InChI is InChI=1S/C21H26N2O4/c1-25-19-7-6-16(13-20(19)26-2)15-4-3-5-17(12-15)21(24)23-10-11-27-18(14-23)8-9-22/h3-7,12-13,18H,8-11,14,22H2,1-2H3. The highest BCUT2D eigenvalue weighted by Crippen LogP contribution is 2.32. The topological polar surface area (TPSA) is 74.0 Å². The summed E-state index contributed by atoms with van der Waals surface area (Å²) in [4.78, 5) is 14.8. The summed E-state index contributed by atoms with van der Waals surface area (Å²) in [5.74, 6) is 1.35. The Kier molecular flexibility index (Phi) is 6.32. The van der Waals surface area contributed by atoms with Crippen molar-refractivity contribution in [3.8, 4) is 22.6 Å². The predicted molar refractivity (Wildman–Crippen MR) is 104 cm³/mol. The Morgan fingerprint density at radius 1 is 1.15 bits per heavy atom. The number of benzene rings is 2. The van der Waals surface area contributed by atoms with Crippen LogP contribution in [0.25, 0.3) is 11.1 Å². The Labute approximate surface area is 159 Å². The van der Waals surface area contributed by atoms with Gasteiger partial charge in [-0.15, -0.1) is 0 Å². The van der Waals surface area contributed by atoms with Gasteiger partial charge in [0.1, 0.15) is 0 Å². The molecule has 27 heavy (non-hydrogen) atoms. The van der Waals surface area contributed by atoms with Gasteiger partial charge in [0.2, 0.25) is 0 Å². The Balaban J connectivity index is 1.82. The molecular formula is C21H26N2O4. The molecule has 1 heterocycles. The predicted octanol–water partition coefficient (Wildman–Crippen LogP) is 2.56. The molecule has 1 aliphatic rings. The van der Waals surface area contributed by atoms with E-state index in [0.717, 1.165) is 17.5 Å². The van der Waals surface area contributed by atoms with Crippen LogP contribution in [0, 0.1) is 0 Å². The van der Waals surface area contributed by atoms with Crippen LogP contribution in [-0.4, -0.2) is 57.4 Å². The van der Waals surface area contributed by atoms with E-state index in [9.17, 15) is 4.79 Å². The largest absolute Gasteiger partial charge is 0.493 e. The molecule has 1 saturated heterocycles. The highest BCUT2D eigenvalue weighted by Gasteiger charge is 2.24. The van der Waals surface area contributed by atoms with Gasteiger partial charge in [0.15, 0.2) is 11.5 Å². The minimum absolute atomic E-state index is 0.0155. The van der Waals surface area contributed by atoms with Crippen molar-refractivity contribution in [1.82, 2.24) is 4.90 Å². The molecule has 0 aromatic heterocycles. The minimum Gasteiger partial charge on any atom is -0.493 e. The number of amides is 1.